The van der Waals surface area contributed by atoms with Crippen LogP contribution in [-0.2, 0) is 48.1 Å². The van der Waals surface area contributed by atoms with Crippen LogP contribution in [0.2, 0.25) is 0 Å². The molecule has 0 spiro atoms. The molecule has 0 atom stereocenters. The minimum absolute atomic E-state index is 0.0779. The number of hydrogen-bond donors (Lipinski definition) is 4. The lowest BCUT2D eigenvalue weighted by atomic mass is 9.95. The zero-order chi connectivity index (χ0) is 33.6. The monoisotopic (exact) mass is 636 g/mol. The van der Waals surface area contributed by atoms with E-state index in [1.807, 2.05) is 0 Å². The van der Waals surface area contributed by atoms with Crippen LogP contribution in [0, 0.1) is 0 Å². The third-order valence-electron chi connectivity index (χ3n) is 8.88. The first-order chi connectivity index (χ1) is 22.3. The summed E-state index contributed by atoms with van der Waals surface area (Å²) in [7, 11) is 0. The zero-order valence-electron chi connectivity index (χ0n) is 29.6. The Labute approximate surface area is 280 Å². The maximum Gasteiger partial charge on any atom is 0.220 e. The van der Waals surface area contributed by atoms with Gasteiger partial charge < -0.3 is 20.8 Å². The highest BCUT2D eigenvalue weighted by atomic mass is 16.3. The van der Waals surface area contributed by atoms with Crippen LogP contribution in [0.4, 0.5) is 0 Å². The number of aromatic hydroxyl groups is 2. The molecule has 0 aliphatic heterocycles. The summed E-state index contributed by atoms with van der Waals surface area (Å²) in [5.41, 5.74) is 6.37. The molecule has 0 heterocycles. The van der Waals surface area contributed by atoms with Crippen molar-refractivity contribution in [2.45, 2.75) is 156 Å². The Bertz CT molecular complexity index is 1030. The molecule has 258 valence electrons. The van der Waals surface area contributed by atoms with Gasteiger partial charge >= 0.3 is 0 Å². The minimum atomic E-state index is 0.0779. The molecule has 0 aliphatic carbocycles. The lowest BCUT2D eigenvalue weighted by molar-refractivity contribution is -0.121. The minimum Gasteiger partial charge on any atom is -0.507 e. The van der Waals surface area contributed by atoms with Gasteiger partial charge in [0.05, 0.1) is 0 Å². The van der Waals surface area contributed by atoms with Crippen LogP contribution in [0.15, 0.2) is 24.3 Å². The molecule has 46 heavy (non-hydrogen) atoms. The lowest BCUT2D eigenvalue weighted by Gasteiger charge is -2.13. The molecular formula is C40H64N2O4. The average molecular weight is 637 g/mol. The number of phenols is 2. The summed E-state index contributed by atoms with van der Waals surface area (Å²) in [6.07, 6.45) is 18.3. The Hall–Kier alpha value is -3.02. The van der Waals surface area contributed by atoms with Gasteiger partial charge in [0.25, 0.3) is 0 Å². The fourth-order valence-electron chi connectivity index (χ4n) is 5.94. The molecule has 0 aliphatic rings. The van der Waals surface area contributed by atoms with Crippen LogP contribution >= 0.6 is 0 Å². The molecule has 0 radical (unpaired) electrons. The molecular weight excluding hydrogens is 572 g/mol. The zero-order valence-corrected chi connectivity index (χ0v) is 29.6. The van der Waals surface area contributed by atoms with Crippen molar-refractivity contribution >= 4 is 11.8 Å². The molecule has 0 saturated carbocycles. The maximum atomic E-state index is 12.5. The molecule has 0 saturated heterocycles. The summed E-state index contributed by atoms with van der Waals surface area (Å²) in [6, 6.07) is 8.37. The van der Waals surface area contributed by atoms with Crippen molar-refractivity contribution in [1.82, 2.24) is 10.6 Å². The van der Waals surface area contributed by atoms with E-state index in [4.69, 9.17) is 0 Å². The van der Waals surface area contributed by atoms with E-state index in [1.165, 1.54) is 0 Å². The van der Waals surface area contributed by atoms with Crippen molar-refractivity contribution in [2.75, 3.05) is 13.1 Å². The van der Waals surface area contributed by atoms with E-state index in [0.717, 1.165) is 136 Å². The number of hydrogen-bond acceptors (Lipinski definition) is 4. The molecule has 6 nitrogen and oxygen atoms in total. The molecule has 0 unspecified atom stereocenters. The number of rotatable bonds is 25. The highest BCUT2D eigenvalue weighted by molar-refractivity contribution is 5.76. The molecule has 2 aromatic rings. The first-order valence-electron chi connectivity index (χ1n) is 18.5. The van der Waals surface area contributed by atoms with Gasteiger partial charge in [0.1, 0.15) is 11.5 Å². The van der Waals surface area contributed by atoms with Crippen molar-refractivity contribution < 1.29 is 19.8 Å². The highest BCUT2D eigenvalue weighted by Gasteiger charge is 2.13. The van der Waals surface area contributed by atoms with Crippen LogP contribution in [0.5, 0.6) is 11.5 Å². The van der Waals surface area contributed by atoms with Gasteiger partial charge in [0, 0.05) is 25.9 Å². The third kappa shape index (κ3) is 15.0. The second-order valence-corrected chi connectivity index (χ2v) is 13.1. The van der Waals surface area contributed by atoms with Gasteiger partial charge in [-0.05, 0) is 110 Å². The molecule has 2 aromatic carbocycles. The molecule has 0 fully saturated rings. The topological polar surface area (TPSA) is 98.7 Å². The van der Waals surface area contributed by atoms with E-state index in [9.17, 15) is 19.8 Å². The van der Waals surface area contributed by atoms with Gasteiger partial charge in [-0.1, -0.05) is 90.5 Å². The van der Waals surface area contributed by atoms with Crippen LogP contribution < -0.4 is 10.6 Å². The van der Waals surface area contributed by atoms with Crippen molar-refractivity contribution in [3.63, 3.8) is 0 Å². The summed E-state index contributed by atoms with van der Waals surface area (Å²) in [4.78, 5) is 25.0. The van der Waals surface area contributed by atoms with Crippen molar-refractivity contribution in [3.05, 3.63) is 57.6 Å². The summed E-state index contributed by atoms with van der Waals surface area (Å²) < 4.78 is 0. The van der Waals surface area contributed by atoms with E-state index < -0.39 is 0 Å². The van der Waals surface area contributed by atoms with Gasteiger partial charge in [-0.25, -0.2) is 0 Å². The van der Waals surface area contributed by atoms with Crippen molar-refractivity contribution in [2.24, 2.45) is 0 Å². The highest BCUT2D eigenvalue weighted by Crippen LogP contribution is 2.29. The normalized spacial score (nSPS) is 11.1. The fourth-order valence-corrected chi connectivity index (χ4v) is 5.94. The van der Waals surface area contributed by atoms with E-state index in [-0.39, 0.29) is 11.8 Å². The molecule has 0 bridgehead atoms. The van der Waals surface area contributed by atoms with Gasteiger partial charge in [-0.3, -0.25) is 9.59 Å². The van der Waals surface area contributed by atoms with Gasteiger partial charge in [0.2, 0.25) is 11.8 Å². The summed E-state index contributed by atoms with van der Waals surface area (Å²) >= 11 is 0. The second-order valence-electron chi connectivity index (χ2n) is 13.1. The fraction of sp³-hybridized carbons (Fsp3) is 0.650. The van der Waals surface area contributed by atoms with Crippen LogP contribution in [0.3, 0.4) is 0 Å². The van der Waals surface area contributed by atoms with Crippen molar-refractivity contribution in [1.29, 1.82) is 0 Å². The van der Waals surface area contributed by atoms with Crippen LogP contribution in [0.25, 0.3) is 0 Å². The number of phenolic OH excluding ortho intramolecular Hbond substituents is 2. The Morgan fingerprint density at radius 1 is 0.478 bits per heavy atom. The summed E-state index contributed by atoms with van der Waals surface area (Å²) in [6.45, 7) is 10.0. The Morgan fingerprint density at radius 2 is 0.783 bits per heavy atom. The number of benzene rings is 2. The van der Waals surface area contributed by atoms with Gasteiger partial charge in [0.15, 0.2) is 0 Å². The van der Waals surface area contributed by atoms with E-state index >= 15 is 0 Å². The first-order valence-corrected chi connectivity index (χ1v) is 18.5. The standard InChI is InChI=1S/C40H64N2O4/c1-5-9-17-33-27-31(28-34(39(33)45)18-10-6-2)21-23-37(43)41-25-15-13-14-16-26-42-38(44)24-22-32-29-35(19-11-7-3)40(46)36(30-32)20-12-8-4/h27-30,45-46H,5-26H2,1-4H3,(H,41,43)(H,42,44). The maximum absolute atomic E-state index is 12.5. The lowest BCUT2D eigenvalue weighted by Crippen LogP contribution is -2.25. The molecule has 6 heteroatoms. The number of carbonyl (C=O) groups excluding carboxylic acids is 2. The SMILES string of the molecule is CCCCc1cc(CCC(=O)NCCCCCCNC(=O)CCc2cc(CCCC)c(O)c(CCCC)c2)cc(CCCC)c1O. The third-order valence-corrected chi connectivity index (χ3v) is 8.88. The number of aryl methyl sites for hydroxylation is 6. The Kier molecular flexibility index (Phi) is 19.9. The first kappa shape index (κ1) is 39.2. The number of amides is 2. The van der Waals surface area contributed by atoms with E-state index in [2.05, 4.69) is 62.6 Å². The van der Waals surface area contributed by atoms with Crippen LogP contribution in [-0.4, -0.2) is 35.1 Å². The second kappa shape index (κ2) is 23.3. The predicted molar refractivity (Wildman–Crippen MR) is 192 cm³/mol. The molecule has 4 N–H and O–H groups in total. The summed E-state index contributed by atoms with van der Waals surface area (Å²) in [5.74, 6) is 1.07. The smallest absolute Gasteiger partial charge is 0.220 e. The quantitative estimate of drug-likeness (QED) is 0.0819. The number of carbonyl (C=O) groups is 2. The molecule has 2 amide bonds. The Balaban J connectivity index is 1.64. The summed E-state index contributed by atoms with van der Waals surface area (Å²) in [5, 5.41) is 27.6. The number of nitrogens with one attached hydrogen (secondary N) is 2. The largest absolute Gasteiger partial charge is 0.507 e. The van der Waals surface area contributed by atoms with E-state index in [0.29, 0.717) is 50.3 Å². The van der Waals surface area contributed by atoms with Crippen molar-refractivity contribution in [3.8, 4) is 11.5 Å². The van der Waals surface area contributed by atoms with Crippen LogP contribution in [0.1, 0.15) is 151 Å². The van der Waals surface area contributed by atoms with Gasteiger partial charge in [-0.15, -0.1) is 0 Å². The Morgan fingerprint density at radius 3 is 1.07 bits per heavy atom. The van der Waals surface area contributed by atoms with E-state index in [1.54, 1.807) is 0 Å². The molecule has 2 rings (SSSR count). The van der Waals surface area contributed by atoms with Gasteiger partial charge in [-0.2, -0.15) is 0 Å². The molecule has 0 aromatic heterocycles. The predicted octanol–water partition coefficient (Wildman–Crippen LogP) is 8.83. The number of unbranched alkanes of at least 4 members (excludes halogenated alkanes) is 7. The average Bonchev–Trinajstić information content (AvgIpc) is 3.05.